The summed E-state index contributed by atoms with van der Waals surface area (Å²) in [5.74, 6) is -1.74. The minimum Gasteiger partial charge on any atom is -0.506 e. The summed E-state index contributed by atoms with van der Waals surface area (Å²) in [7, 11) is -4.21. The van der Waals surface area contributed by atoms with Gasteiger partial charge in [-0.05, 0) is 17.7 Å². The Morgan fingerprint density at radius 2 is 2.10 bits per heavy atom. The molecule has 0 aromatic heterocycles. The number of carbonyl (C=O) groups is 1. The van der Waals surface area contributed by atoms with Crippen LogP contribution in [0, 0.1) is 5.82 Å². The van der Waals surface area contributed by atoms with Crippen molar-refractivity contribution in [3.8, 4) is 5.75 Å². The van der Waals surface area contributed by atoms with E-state index in [1.165, 1.54) is 6.07 Å². The topological polar surface area (TPSA) is 136 Å². The Kier molecular flexibility index (Phi) is 5.66. The van der Waals surface area contributed by atoms with E-state index in [1.807, 2.05) is 0 Å². The van der Waals surface area contributed by atoms with Gasteiger partial charge in [0.25, 0.3) is 5.91 Å². The third-order valence-corrected chi connectivity index (χ3v) is 6.54. The average molecular weight is 442 g/mol. The van der Waals surface area contributed by atoms with Gasteiger partial charge in [0.2, 0.25) is 0 Å². The highest BCUT2D eigenvalue weighted by atomic mass is 32.2. The molecule has 0 aliphatic carbocycles. The van der Waals surface area contributed by atoms with Gasteiger partial charge < -0.3 is 20.5 Å². The Labute approximate surface area is 173 Å². The first kappa shape index (κ1) is 20.6. The quantitative estimate of drug-likeness (QED) is 0.441. The van der Waals surface area contributed by atoms with Gasteiger partial charge in [-0.15, -0.1) is 0 Å². The Hall–Kier alpha value is -2.64. The van der Waals surface area contributed by atoms with Crippen LogP contribution in [0.1, 0.15) is 5.56 Å². The number of guanidine groups is 1. The van der Waals surface area contributed by atoms with Gasteiger partial charge in [0.15, 0.2) is 11.8 Å². The number of rotatable bonds is 4. The second-order valence-electron chi connectivity index (χ2n) is 7.21. The SMILES string of the molecule is O=C1CN(c2c(O)cc(CNC3=NCC(N4CCOCC4)CN3)cc2F)S(=O)(=O)N1. The largest absolute Gasteiger partial charge is 0.506 e. The molecule has 3 heterocycles. The Morgan fingerprint density at radius 1 is 1.33 bits per heavy atom. The standard InChI is InChI=1S/C17H23FN6O5S/c18-13-5-11(6-14(25)16(13)24-10-15(26)22-30(24,27)28)7-19-17-20-8-12(9-21-17)23-1-3-29-4-2-23/h5-6,12,25H,1-4,7-10H2,(H,22,26)(H2,19,20,21). The first-order valence-corrected chi connectivity index (χ1v) is 11.0. The first-order valence-electron chi connectivity index (χ1n) is 9.52. The van der Waals surface area contributed by atoms with Crippen LogP contribution in [0.4, 0.5) is 10.1 Å². The number of anilines is 1. The van der Waals surface area contributed by atoms with E-state index >= 15 is 0 Å². The van der Waals surface area contributed by atoms with Gasteiger partial charge in [-0.2, -0.15) is 8.42 Å². The molecule has 0 spiro atoms. The van der Waals surface area contributed by atoms with Gasteiger partial charge in [0, 0.05) is 32.2 Å². The number of phenolic OH excluding ortho intramolecular Hbond substituents is 1. The van der Waals surface area contributed by atoms with E-state index in [4.69, 9.17) is 4.74 Å². The molecule has 0 saturated carbocycles. The maximum absolute atomic E-state index is 14.6. The number of nitrogens with one attached hydrogen (secondary N) is 3. The third kappa shape index (κ3) is 4.27. The maximum atomic E-state index is 14.6. The zero-order valence-corrected chi connectivity index (χ0v) is 16.9. The van der Waals surface area contributed by atoms with Crippen molar-refractivity contribution in [1.82, 2.24) is 20.3 Å². The highest BCUT2D eigenvalue weighted by molar-refractivity contribution is 7.92. The highest BCUT2D eigenvalue weighted by Crippen LogP contribution is 2.34. The fourth-order valence-corrected chi connectivity index (χ4v) is 4.83. The summed E-state index contributed by atoms with van der Waals surface area (Å²) in [6, 6.07) is 2.66. The lowest BCUT2D eigenvalue weighted by atomic mass is 10.1. The molecule has 164 valence electrons. The van der Waals surface area contributed by atoms with Gasteiger partial charge in [0.1, 0.15) is 18.0 Å². The second-order valence-corrected chi connectivity index (χ2v) is 8.80. The van der Waals surface area contributed by atoms with Crippen molar-refractivity contribution < 1.29 is 27.4 Å². The molecule has 4 rings (SSSR count). The number of halogens is 1. The molecular weight excluding hydrogens is 419 g/mol. The fourth-order valence-electron chi connectivity index (χ4n) is 3.66. The normalized spacial score (nSPS) is 24.2. The molecule has 3 aliphatic heterocycles. The Morgan fingerprint density at radius 3 is 2.70 bits per heavy atom. The minimum absolute atomic E-state index is 0.169. The highest BCUT2D eigenvalue weighted by Gasteiger charge is 2.37. The first-order chi connectivity index (χ1) is 14.3. The number of hydrogen-bond donors (Lipinski definition) is 4. The van der Waals surface area contributed by atoms with Crippen molar-refractivity contribution in [1.29, 1.82) is 0 Å². The predicted octanol–water partition coefficient (Wildman–Crippen LogP) is -1.54. The van der Waals surface area contributed by atoms with Gasteiger partial charge >= 0.3 is 10.2 Å². The van der Waals surface area contributed by atoms with Crippen LogP contribution in [0.15, 0.2) is 17.1 Å². The van der Waals surface area contributed by atoms with Crippen LogP contribution in [-0.2, 0) is 26.3 Å². The van der Waals surface area contributed by atoms with Gasteiger partial charge in [-0.1, -0.05) is 0 Å². The molecule has 2 saturated heterocycles. The second kappa shape index (κ2) is 8.24. The number of benzene rings is 1. The summed E-state index contributed by atoms with van der Waals surface area (Å²) in [4.78, 5) is 18.2. The number of nitrogens with zero attached hydrogens (tertiary/aromatic N) is 3. The molecule has 1 aromatic rings. The van der Waals surface area contributed by atoms with E-state index in [2.05, 4.69) is 20.5 Å². The van der Waals surface area contributed by atoms with Crippen LogP contribution in [0.3, 0.4) is 0 Å². The van der Waals surface area contributed by atoms with E-state index in [0.29, 0.717) is 28.4 Å². The molecule has 1 unspecified atom stereocenters. The number of morpholine rings is 1. The van der Waals surface area contributed by atoms with Crippen LogP contribution in [-0.4, -0.2) is 82.3 Å². The third-order valence-electron chi connectivity index (χ3n) is 5.16. The van der Waals surface area contributed by atoms with Crippen molar-refractivity contribution in [2.45, 2.75) is 12.6 Å². The van der Waals surface area contributed by atoms with E-state index in [-0.39, 0.29) is 6.54 Å². The minimum atomic E-state index is -4.21. The van der Waals surface area contributed by atoms with Gasteiger partial charge in [-0.25, -0.2) is 13.4 Å². The molecule has 3 aliphatic rings. The summed E-state index contributed by atoms with van der Waals surface area (Å²) in [6.07, 6.45) is 0. The summed E-state index contributed by atoms with van der Waals surface area (Å²) >= 11 is 0. The lowest BCUT2D eigenvalue weighted by Gasteiger charge is -2.36. The van der Waals surface area contributed by atoms with E-state index in [0.717, 1.165) is 38.9 Å². The molecule has 2 fully saturated rings. The van der Waals surface area contributed by atoms with E-state index in [1.54, 1.807) is 4.72 Å². The number of ether oxygens (including phenoxy) is 1. The molecule has 1 aromatic carbocycles. The van der Waals surface area contributed by atoms with Crippen LogP contribution in [0.2, 0.25) is 0 Å². The van der Waals surface area contributed by atoms with E-state index in [9.17, 15) is 22.7 Å². The fraction of sp³-hybridized carbons (Fsp3) is 0.529. The monoisotopic (exact) mass is 442 g/mol. The molecular formula is C17H23FN6O5S. The number of aliphatic imine (C=N–C) groups is 1. The van der Waals surface area contributed by atoms with Crippen molar-refractivity contribution in [3.63, 3.8) is 0 Å². The lowest BCUT2D eigenvalue weighted by Crippen LogP contribution is -2.54. The van der Waals surface area contributed by atoms with Gasteiger partial charge in [-0.3, -0.25) is 14.7 Å². The molecule has 1 amide bonds. The molecule has 30 heavy (non-hydrogen) atoms. The molecule has 0 bridgehead atoms. The molecule has 13 heteroatoms. The lowest BCUT2D eigenvalue weighted by molar-refractivity contribution is -0.117. The summed E-state index contributed by atoms with van der Waals surface area (Å²) in [5.41, 5.74) is -0.164. The van der Waals surface area contributed by atoms with Crippen LogP contribution < -0.4 is 19.7 Å². The molecule has 11 nitrogen and oxygen atoms in total. The molecule has 0 radical (unpaired) electrons. The Balaban J connectivity index is 1.39. The number of amides is 1. The molecule has 4 N–H and O–H groups in total. The van der Waals surface area contributed by atoms with Crippen molar-refractivity contribution in [3.05, 3.63) is 23.5 Å². The summed E-state index contributed by atoms with van der Waals surface area (Å²) < 4.78 is 46.0. The van der Waals surface area contributed by atoms with Crippen molar-refractivity contribution in [2.75, 3.05) is 50.2 Å². The summed E-state index contributed by atoms with van der Waals surface area (Å²) in [5, 5.41) is 16.4. The van der Waals surface area contributed by atoms with Crippen molar-refractivity contribution >= 4 is 27.8 Å². The van der Waals surface area contributed by atoms with Gasteiger partial charge in [0.05, 0.1) is 19.8 Å². The summed E-state index contributed by atoms with van der Waals surface area (Å²) in [6.45, 7) is 4.13. The Bertz CT molecular complexity index is 942. The van der Waals surface area contributed by atoms with Crippen molar-refractivity contribution in [2.24, 2.45) is 4.99 Å². The maximum Gasteiger partial charge on any atom is 0.326 e. The van der Waals surface area contributed by atoms with E-state index < -0.39 is 39.9 Å². The molecule has 1 atom stereocenters. The smallest absolute Gasteiger partial charge is 0.326 e. The van der Waals surface area contributed by atoms with Crippen LogP contribution in [0.5, 0.6) is 5.75 Å². The van der Waals surface area contributed by atoms with Crippen LogP contribution in [0.25, 0.3) is 0 Å². The number of phenols is 1. The zero-order chi connectivity index (χ0) is 21.3. The number of aromatic hydroxyl groups is 1. The zero-order valence-electron chi connectivity index (χ0n) is 16.1. The van der Waals surface area contributed by atoms with Crippen LogP contribution >= 0.6 is 0 Å². The average Bonchev–Trinajstić information content (AvgIpc) is 2.99. The number of carbonyl (C=O) groups excluding carboxylic acids is 1. The predicted molar refractivity (Wildman–Crippen MR) is 106 cm³/mol. The number of hydrogen-bond acceptors (Lipinski definition) is 9.